The number of para-hydroxylation sites is 1. The fourth-order valence-corrected chi connectivity index (χ4v) is 3.64. The van der Waals surface area contributed by atoms with E-state index in [0.29, 0.717) is 19.7 Å². The number of carbonyl (C=O) groups is 1. The number of aryl methyl sites for hydroxylation is 1. The van der Waals surface area contributed by atoms with Crippen molar-refractivity contribution in [3.05, 3.63) is 79.0 Å². The Morgan fingerprint density at radius 2 is 2.10 bits per heavy atom. The van der Waals surface area contributed by atoms with Gasteiger partial charge in [-0.3, -0.25) is 0 Å². The lowest BCUT2D eigenvalue weighted by molar-refractivity contribution is 0.206. The van der Waals surface area contributed by atoms with Gasteiger partial charge in [-0.1, -0.05) is 24.3 Å². The van der Waals surface area contributed by atoms with Gasteiger partial charge in [-0.05, 0) is 37.6 Å². The number of hydrogen-bond acceptors (Lipinski definition) is 3. The number of anilines is 1. The van der Waals surface area contributed by atoms with Gasteiger partial charge >= 0.3 is 6.03 Å². The summed E-state index contributed by atoms with van der Waals surface area (Å²) in [5.41, 5.74) is 2.77. The minimum atomic E-state index is -0.134. The number of aromatic nitrogens is 3. The number of H-pyrrole nitrogens is 1. The normalized spacial score (nSPS) is 10.9. The average Bonchev–Trinajstić information content (AvgIpc) is 3.47. The Kier molecular flexibility index (Phi) is 6.52. The second kappa shape index (κ2) is 9.84. The van der Waals surface area contributed by atoms with Gasteiger partial charge in [-0.25, -0.2) is 9.78 Å². The molecule has 0 atom stereocenters. The average molecular weight is 418 g/mol. The number of hydrogen-bond donors (Lipinski definition) is 2. The van der Waals surface area contributed by atoms with Crippen LogP contribution in [0, 0.1) is 0 Å². The summed E-state index contributed by atoms with van der Waals surface area (Å²) >= 11 is 0. The van der Waals surface area contributed by atoms with Gasteiger partial charge in [0.25, 0.3) is 0 Å². The molecule has 160 valence electrons. The summed E-state index contributed by atoms with van der Waals surface area (Å²) in [6.07, 6.45) is 8.18. The molecule has 0 unspecified atom stereocenters. The van der Waals surface area contributed by atoms with E-state index in [9.17, 15) is 4.79 Å². The SMILES string of the molecule is CCOc1ccccc1CN(CCCn1ccnc1)C(=O)Nc1cccc2[nH]ccc12. The van der Waals surface area contributed by atoms with Crippen LogP contribution in [-0.4, -0.2) is 38.6 Å². The number of rotatable bonds is 9. The van der Waals surface area contributed by atoms with E-state index in [0.717, 1.165) is 40.9 Å². The molecule has 0 saturated carbocycles. The Morgan fingerprint density at radius 1 is 1.19 bits per heavy atom. The van der Waals surface area contributed by atoms with Crippen molar-refractivity contribution in [3.63, 3.8) is 0 Å². The smallest absolute Gasteiger partial charge is 0.322 e. The van der Waals surface area contributed by atoms with Crippen molar-refractivity contribution in [2.24, 2.45) is 0 Å². The largest absolute Gasteiger partial charge is 0.494 e. The zero-order chi connectivity index (χ0) is 21.5. The number of urea groups is 1. The van der Waals surface area contributed by atoms with E-state index in [2.05, 4.69) is 15.3 Å². The lowest BCUT2D eigenvalue weighted by Gasteiger charge is -2.24. The number of fused-ring (bicyclic) bond motifs is 1. The quantitative estimate of drug-likeness (QED) is 0.407. The number of ether oxygens (including phenoxy) is 1. The van der Waals surface area contributed by atoms with E-state index >= 15 is 0 Å². The van der Waals surface area contributed by atoms with Gasteiger partial charge in [0.2, 0.25) is 0 Å². The van der Waals surface area contributed by atoms with Crippen LogP contribution < -0.4 is 10.1 Å². The molecule has 31 heavy (non-hydrogen) atoms. The van der Waals surface area contributed by atoms with E-state index < -0.39 is 0 Å². The number of carbonyl (C=O) groups excluding carboxylic acids is 1. The molecule has 2 amide bonds. The minimum Gasteiger partial charge on any atom is -0.494 e. The summed E-state index contributed by atoms with van der Waals surface area (Å²) in [6.45, 7) is 4.41. The third-order valence-electron chi connectivity index (χ3n) is 5.16. The van der Waals surface area contributed by atoms with Crippen LogP contribution in [0.15, 0.2) is 73.4 Å². The van der Waals surface area contributed by atoms with Crippen molar-refractivity contribution in [3.8, 4) is 5.75 Å². The highest BCUT2D eigenvalue weighted by Crippen LogP contribution is 2.24. The van der Waals surface area contributed by atoms with E-state index in [4.69, 9.17) is 4.74 Å². The monoisotopic (exact) mass is 417 g/mol. The predicted molar refractivity (Wildman–Crippen MR) is 122 cm³/mol. The van der Waals surface area contributed by atoms with Crippen LogP contribution in [0.2, 0.25) is 0 Å². The van der Waals surface area contributed by atoms with Crippen molar-refractivity contribution in [1.82, 2.24) is 19.4 Å². The fourth-order valence-electron chi connectivity index (χ4n) is 3.64. The highest BCUT2D eigenvalue weighted by molar-refractivity contribution is 6.00. The maximum absolute atomic E-state index is 13.3. The number of benzene rings is 2. The molecule has 7 heteroatoms. The second-order valence-corrected chi connectivity index (χ2v) is 7.29. The van der Waals surface area contributed by atoms with E-state index in [1.165, 1.54) is 0 Å². The molecule has 0 bridgehead atoms. The Bertz CT molecular complexity index is 1120. The number of aromatic amines is 1. The molecule has 2 heterocycles. The zero-order valence-corrected chi connectivity index (χ0v) is 17.6. The van der Waals surface area contributed by atoms with Gasteiger partial charge in [0, 0.05) is 48.1 Å². The molecule has 0 aliphatic rings. The first-order valence-corrected chi connectivity index (χ1v) is 10.5. The highest BCUT2D eigenvalue weighted by atomic mass is 16.5. The predicted octanol–water partition coefficient (Wildman–Crippen LogP) is 4.89. The highest BCUT2D eigenvalue weighted by Gasteiger charge is 2.17. The maximum Gasteiger partial charge on any atom is 0.322 e. The third kappa shape index (κ3) is 5.06. The Morgan fingerprint density at radius 3 is 2.94 bits per heavy atom. The van der Waals surface area contributed by atoms with Crippen LogP contribution in [0.25, 0.3) is 10.9 Å². The van der Waals surface area contributed by atoms with Gasteiger partial charge in [0.05, 0.1) is 25.2 Å². The molecular weight excluding hydrogens is 390 g/mol. The lowest BCUT2D eigenvalue weighted by Crippen LogP contribution is -2.35. The van der Waals surface area contributed by atoms with Gasteiger partial charge in [0.1, 0.15) is 5.75 Å². The number of nitrogens with zero attached hydrogens (tertiary/aromatic N) is 3. The molecule has 0 aliphatic carbocycles. The Labute approximate surface area is 181 Å². The summed E-state index contributed by atoms with van der Waals surface area (Å²) in [5, 5.41) is 4.08. The summed E-state index contributed by atoms with van der Waals surface area (Å²) in [7, 11) is 0. The zero-order valence-electron chi connectivity index (χ0n) is 17.6. The molecule has 0 aliphatic heterocycles. The number of amides is 2. The van der Waals surface area contributed by atoms with Crippen molar-refractivity contribution >= 4 is 22.6 Å². The minimum absolute atomic E-state index is 0.134. The summed E-state index contributed by atoms with van der Waals surface area (Å²) in [4.78, 5) is 22.4. The van der Waals surface area contributed by atoms with Crippen LogP contribution in [0.5, 0.6) is 5.75 Å². The fraction of sp³-hybridized carbons (Fsp3) is 0.250. The van der Waals surface area contributed by atoms with E-state index in [1.54, 1.807) is 12.5 Å². The first-order chi connectivity index (χ1) is 15.2. The summed E-state index contributed by atoms with van der Waals surface area (Å²) in [6, 6.07) is 15.6. The molecule has 7 nitrogen and oxygen atoms in total. The molecular formula is C24H27N5O2. The third-order valence-corrected chi connectivity index (χ3v) is 5.16. The number of nitrogens with one attached hydrogen (secondary N) is 2. The van der Waals surface area contributed by atoms with Crippen molar-refractivity contribution < 1.29 is 9.53 Å². The van der Waals surface area contributed by atoms with E-state index in [-0.39, 0.29) is 6.03 Å². The molecule has 2 aromatic heterocycles. The van der Waals surface area contributed by atoms with Crippen LogP contribution in [0.4, 0.5) is 10.5 Å². The molecule has 2 aromatic carbocycles. The van der Waals surface area contributed by atoms with Crippen molar-refractivity contribution in [2.75, 3.05) is 18.5 Å². The molecule has 4 rings (SSSR count). The number of imidazole rings is 1. The molecule has 0 saturated heterocycles. The van der Waals surface area contributed by atoms with Crippen LogP contribution >= 0.6 is 0 Å². The Balaban J connectivity index is 1.52. The molecule has 0 radical (unpaired) electrons. The Hall–Kier alpha value is -3.74. The van der Waals surface area contributed by atoms with Crippen LogP contribution in [0.3, 0.4) is 0 Å². The van der Waals surface area contributed by atoms with E-state index in [1.807, 2.05) is 77.3 Å². The maximum atomic E-state index is 13.3. The first-order valence-electron chi connectivity index (χ1n) is 10.5. The van der Waals surface area contributed by atoms with Crippen LogP contribution in [-0.2, 0) is 13.1 Å². The van der Waals surface area contributed by atoms with Gasteiger partial charge in [0.15, 0.2) is 0 Å². The van der Waals surface area contributed by atoms with Crippen LogP contribution in [0.1, 0.15) is 18.9 Å². The summed E-state index contributed by atoms with van der Waals surface area (Å²) < 4.78 is 7.79. The first kappa shape index (κ1) is 20.5. The molecule has 4 aromatic rings. The van der Waals surface area contributed by atoms with Gasteiger partial charge < -0.3 is 24.5 Å². The standard InChI is InChI=1S/C24H27N5O2/c1-2-31-23-10-4-3-7-19(23)17-29(15-6-14-28-16-13-25-18-28)24(30)27-22-9-5-8-21-20(22)11-12-26-21/h3-5,7-13,16,18,26H,2,6,14-15,17H2,1H3,(H,27,30). The van der Waals surface area contributed by atoms with Gasteiger partial charge in [-0.15, -0.1) is 0 Å². The van der Waals surface area contributed by atoms with Crippen molar-refractivity contribution in [1.29, 1.82) is 0 Å². The molecule has 2 N–H and O–H groups in total. The second-order valence-electron chi connectivity index (χ2n) is 7.29. The van der Waals surface area contributed by atoms with Gasteiger partial charge in [-0.2, -0.15) is 0 Å². The van der Waals surface area contributed by atoms with Crippen molar-refractivity contribution in [2.45, 2.75) is 26.4 Å². The summed E-state index contributed by atoms with van der Waals surface area (Å²) in [5.74, 6) is 0.810. The lowest BCUT2D eigenvalue weighted by atomic mass is 10.2. The topological polar surface area (TPSA) is 75.2 Å². The molecule has 0 fully saturated rings. The molecule has 0 spiro atoms.